The summed E-state index contributed by atoms with van der Waals surface area (Å²) in [7, 11) is 3.20. The Morgan fingerprint density at radius 1 is 1.03 bits per heavy atom. The van der Waals surface area contributed by atoms with E-state index >= 15 is 0 Å². The minimum Gasteiger partial charge on any atom is -0.493 e. The summed E-state index contributed by atoms with van der Waals surface area (Å²) < 4.78 is 21.9. The second kappa shape index (κ2) is 11.4. The number of carbonyl (C=O) groups is 1. The van der Waals surface area contributed by atoms with Crippen LogP contribution in [-0.2, 0) is 13.1 Å². The van der Waals surface area contributed by atoms with Gasteiger partial charge in [-0.05, 0) is 48.9 Å². The molecule has 0 fully saturated rings. The summed E-state index contributed by atoms with van der Waals surface area (Å²) in [5.74, 6) is 2.63. The Hall–Kier alpha value is -3.29. The van der Waals surface area contributed by atoms with Crippen LogP contribution < -0.4 is 14.2 Å². The van der Waals surface area contributed by atoms with E-state index < -0.39 is 6.10 Å². The van der Waals surface area contributed by atoms with Gasteiger partial charge < -0.3 is 23.7 Å². The van der Waals surface area contributed by atoms with Gasteiger partial charge >= 0.3 is 0 Å². The Labute approximate surface area is 188 Å². The lowest BCUT2D eigenvalue weighted by atomic mass is 10.1. The second-order valence-electron chi connectivity index (χ2n) is 7.49. The van der Waals surface area contributed by atoms with Gasteiger partial charge in [-0.1, -0.05) is 18.2 Å². The second-order valence-corrected chi connectivity index (χ2v) is 7.49. The van der Waals surface area contributed by atoms with Crippen LogP contribution in [0.1, 0.15) is 28.6 Å². The number of methoxy groups -OCH3 is 2. The van der Waals surface area contributed by atoms with Crippen molar-refractivity contribution < 1.29 is 28.5 Å². The molecule has 0 amide bonds. The first-order valence-electron chi connectivity index (χ1n) is 10.4. The maximum atomic E-state index is 11.6. The summed E-state index contributed by atoms with van der Waals surface area (Å²) in [6.07, 6.45) is 0.886. The van der Waals surface area contributed by atoms with Gasteiger partial charge in [-0.25, -0.2) is 0 Å². The van der Waals surface area contributed by atoms with Gasteiger partial charge in [0.1, 0.15) is 24.2 Å². The number of aliphatic hydroxyl groups excluding tert-OH is 1. The molecule has 0 saturated heterocycles. The number of furan rings is 1. The number of nitrogens with zero attached hydrogens (tertiary/aromatic N) is 1. The molecule has 3 aromatic rings. The lowest BCUT2D eigenvalue weighted by Gasteiger charge is -2.25. The molecule has 0 aliphatic rings. The fourth-order valence-corrected chi connectivity index (χ4v) is 3.39. The fraction of sp³-hybridized carbons (Fsp3) is 0.320. The average molecular weight is 440 g/mol. The predicted octanol–water partition coefficient (Wildman–Crippen LogP) is 3.94. The molecule has 1 N–H and O–H groups in total. The summed E-state index contributed by atoms with van der Waals surface area (Å²) in [4.78, 5) is 13.6. The standard InChI is InChI=1S/C25H29NO6/c1-18(27)20-6-4-7-22(13-20)32-17-21(28)15-26(16-23-8-5-11-31-23)14-19-9-10-24(29-2)25(12-19)30-3/h4-13,21,28H,14-17H2,1-3H3. The molecule has 2 aromatic carbocycles. The first-order valence-corrected chi connectivity index (χ1v) is 10.4. The number of hydrogen-bond acceptors (Lipinski definition) is 7. The van der Waals surface area contributed by atoms with E-state index in [1.165, 1.54) is 6.92 Å². The highest BCUT2D eigenvalue weighted by Gasteiger charge is 2.16. The Morgan fingerprint density at radius 2 is 1.84 bits per heavy atom. The number of hydrogen-bond donors (Lipinski definition) is 1. The highest BCUT2D eigenvalue weighted by molar-refractivity contribution is 5.94. The van der Waals surface area contributed by atoms with E-state index in [1.807, 2.05) is 30.3 Å². The number of aliphatic hydroxyl groups is 1. The van der Waals surface area contributed by atoms with Crippen LogP contribution in [-0.4, -0.2) is 49.3 Å². The number of Topliss-reactive ketones (excluding diaryl/α,β-unsaturated/α-hetero) is 1. The Kier molecular flexibility index (Phi) is 8.30. The van der Waals surface area contributed by atoms with Crippen LogP contribution in [0.4, 0.5) is 0 Å². The van der Waals surface area contributed by atoms with Crippen LogP contribution in [0.3, 0.4) is 0 Å². The van der Waals surface area contributed by atoms with Gasteiger partial charge in [-0.2, -0.15) is 0 Å². The number of benzene rings is 2. The van der Waals surface area contributed by atoms with E-state index in [2.05, 4.69) is 4.90 Å². The van der Waals surface area contributed by atoms with Crippen molar-refractivity contribution in [2.24, 2.45) is 0 Å². The third-order valence-electron chi connectivity index (χ3n) is 4.97. The molecular formula is C25H29NO6. The van der Waals surface area contributed by atoms with Gasteiger partial charge in [0.15, 0.2) is 17.3 Å². The Bertz CT molecular complexity index is 1000. The minimum atomic E-state index is -0.744. The van der Waals surface area contributed by atoms with Gasteiger partial charge in [0, 0.05) is 18.7 Å². The van der Waals surface area contributed by atoms with Gasteiger partial charge in [0.2, 0.25) is 0 Å². The topological polar surface area (TPSA) is 81.4 Å². The first-order chi connectivity index (χ1) is 15.5. The summed E-state index contributed by atoms with van der Waals surface area (Å²) in [6, 6.07) is 16.4. The molecule has 170 valence electrons. The molecule has 1 unspecified atom stereocenters. The maximum Gasteiger partial charge on any atom is 0.161 e. The van der Waals surface area contributed by atoms with Crippen molar-refractivity contribution in [3.05, 3.63) is 77.7 Å². The molecule has 0 bridgehead atoms. The lowest BCUT2D eigenvalue weighted by molar-refractivity contribution is 0.0604. The molecule has 0 aliphatic carbocycles. The van der Waals surface area contributed by atoms with Gasteiger partial charge in [0.05, 0.1) is 27.0 Å². The molecule has 0 radical (unpaired) electrons. The zero-order valence-electron chi connectivity index (χ0n) is 18.6. The van der Waals surface area contributed by atoms with Crippen molar-refractivity contribution >= 4 is 5.78 Å². The van der Waals surface area contributed by atoms with Gasteiger partial charge in [-0.15, -0.1) is 0 Å². The lowest BCUT2D eigenvalue weighted by Crippen LogP contribution is -2.35. The smallest absolute Gasteiger partial charge is 0.161 e. The van der Waals surface area contributed by atoms with Crippen LogP contribution in [0.15, 0.2) is 65.3 Å². The molecule has 1 atom stereocenters. The Balaban J connectivity index is 1.66. The third kappa shape index (κ3) is 6.60. The molecule has 7 nitrogen and oxygen atoms in total. The molecule has 3 rings (SSSR count). The highest BCUT2D eigenvalue weighted by atomic mass is 16.5. The van der Waals surface area contributed by atoms with Crippen molar-refractivity contribution in [1.82, 2.24) is 4.90 Å². The van der Waals surface area contributed by atoms with E-state index in [0.29, 0.717) is 42.4 Å². The van der Waals surface area contributed by atoms with Crippen molar-refractivity contribution in [3.63, 3.8) is 0 Å². The van der Waals surface area contributed by atoms with Crippen molar-refractivity contribution in [3.8, 4) is 17.2 Å². The predicted molar refractivity (Wildman–Crippen MR) is 120 cm³/mol. The molecule has 32 heavy (non-hydrogen) atoms. The fourth-order valence-electron chi connectivity index (χ4n) is 3.39. The van der Waals surface area contributed by atoms with Crippen molar-refractivity contribution in [2.75, 3.05) is 27.4 Å². The molecule has 7 heteroatoms. The highest BCUT2D eigenvalue weighted by Crippen LogP contribution is 2.28. The van der Waals surface area contributed by atoms with Crippen LogP contribution in [0, 0.1) is 0 Å². The largest absolute Gasteiger partial charge is 0.493 e. The quantitative estimate of drug-likeness (QED) is 0.428. The maximum absolute atomic E-state index is 11.6. The summed E-state index contributed by atoms with van der Waals surface area (Å²) in [5, 5.41) is 10.6. The Morgan fingerprint density at radius 3 is 2.53 bits per heavy atom. The van der Waals surface area contributed by atoms with E-state index in [1.54, 1.807) is 44.7 Å². The molecule has 0 saturated carbocycles. The molecular weight excluding hydrogens is 410 g/mol. The van der Waals surface area contributed by atoms with E-state index in [4.69, 9.17) is 18.6 Å². The van der Waals surface area contributed by atoms with Crippen molar-refractivity contribution in [2.45, 2.75) is 26.1 Å². The third-order valence-corrected chi connectivity index (χ3v) is 4.97. The molecule has 0 aliphatic heterocycles. The van der Waals surface area contributed by atoms with Crippen LogP contribution >= 0.6 is 0 Å². The first kappa shape index (κ1) is 23.4. The van der Waals surface area contributed by atoms with E-state index in [0.717, 1.165) is 11.3 Å². The number of rotatable bonds is 12. The molecule has 0 spiro atoms. The normalized spacial score (nSPS) is 11.9. The summed E-state index contributed by atoms with van der Waals surface area (Å²) >= 11 is 0. The van der Waals surface area contributed by atoms with E-state index in [9.17, 15) is 9.90 Å². The zero-order valence-corrected chi connectivity index (χ0v) is 18.6. The monoisotopic (exact) mass is 439 g/mol. The number of ketones is 1. The molecule has 1 heterocycles. The molecule has 1 aromatic heterocycles. The van der Waals surface area contributed by atoms with Crippen LogP contribution in [0.2, 0.25) is 0 Å². The SMILES string of the molecule is COc1ccc(CN(Cc2ccco2)CC(O)COc2cccc(C(C)=O)c2)cc1OC. The van der Waals surface area contributed by atoms with Crippen molar-refractivity contribution in [1.29, 1.82) is 0 Å². The number of ether oxygens (including phenoxy) is 3. The van der Waals surface area contributed by atoms with Gasteiger partial charge in [0.25, 0.3) is 0 Å². The van der Waals surface area contributed by atoms with Crippen LogP contribution in [0.5, 0.6) is 17.2 Å². The summed E-state index contributed by atoms with van der Waals surface area (Å²) in [6.45, 7) is 3.06. The minimum absolute atomic E-state index is 0.0319. The van der Waals surface area contributed by atoms with Gasteiger partial charge in [-0.3, -0.25) is 9.69 Å². The zero-order chi connectivity index (χ0) is 22.9. The van der Waals surface area contributed by atoms with Crippen LogP contribution in [0.25, 0.3) is 0 Å². The average Bonchev–Trinajstić information content (AvgIpc) is 3.30. The number of carbonyl (C=O) groups excluding carboxylic acids is 1. The summed E-state index contributed by atoms with van der Waals surface area (Å²) in [5.41, 5.74) is 1.58. The van der Waals surface area contributed by atoms with E-state index in [-0.39, 0.29) is 12.4 Å².